The number of hydrogen-bond donors (Lipinski definition) is 1. The Balaban J connectivity index is 2.47. The zero-order valence-corrected chi connectivity index (χ0v) is 11.2. The molecule has 0 aliphatic heterocycles. The van der Waals surface area contributed by atoms with Crippen molar-refractivity contribution in [2.24, 2.45) is 0 Å². The average molecular weight is 288 g/mol. The molecule has 21 heavy (non-hydrogen) atoms. The zero-order chi connectivity index (χ0) is 15.2. The van der Waals surface area contributed by atoms with Crippen LogP contribution in [0.4, 0.5) is 8.78 Å². The molecule has 0 aliphatic rings. The molecule has 108 valence electrons. The van der Waals surface area contributed by atoms with Crippen LogP contribution in [0.25, 0.3) is 0 Å². The number of aliphatic hydroxyl groups is 1. The van der Waals surface area contributed by atoms with Crippen LogP contribution >= 0.6 is 0 Å². The van der Waals surface area contributed by atoms with Gasteiger partial charge in [-0.3, -0.25) is 4.98 Å². The van der Waals surface area contributed by atoms with Crippen LogP contribution in [0.3, 0.4) is 0 Å². The molecule has 0 fully saturated rings. The maximum Gasteiger partial charge on any atom is 0.162 e. The molecule has 1 heterocycles. The van der Waals surface area contributed by atoms with E-state index >= 15 is 0 Å². The largest absolute Gasteiger partial charge is 0.396 e. The van der Waals surface area contributed by atoms with Crippen LogP contribution in [0, 0.1) is 23.0 Å². The van der Waals surface area contributed by atoms with Crippen molar-refractivity contribution in [1.29, 1.82) is 5.26 Å². The van der Waals surface area contributed by atoms with Crippen molar-refractivity contribution in [2.75, 3.05) is 6.61 Å². The zero-order valence-electron chi connectivity index (χ0n) is 11.2. The molecule has 0 saturated carbocycles. The molecule has 1 aromatic heterocycles. The van der Waals surface area contributed by atoms with E-state index in [9.17, 15) is 19.1 Å². The fourth-order valence-corrected chi connectivity index (χ4v) is 2.40. The van der Waals surface area contributed by atoms with Crippen molar-refractivity contribution < 1.29 is 13.9 Å². The van der Waals surface area contributed by atoms with Gasteiger partial charge < -0.3 is 5.11 Å². The van der Waals surface area contributed by atoms with E-state index in [-0.39, 0.29) is 18.6 Å². The number of nitriles is 1. The number of halogens is 2. The van der Waals surface area contributed by atoms with Crippen molar-refractivity contribution in [1.82, 2.24) is 4.98 Å². The Labute approximate surface area is 121 Å². The molecule has 0 spiro atoms. The van der Waals surface area contributed by atoms with Crippen LogP contribution in [0.1, 0.15) is 29.4 Å². The second-order valence-electron chi connectivity index (χ2n) is 4.65. The molecule has 1 N–H and O–H groups in total. The SMILES string of the molecule is N#C[C@H](c1cccnc1)[C@@H](CCO)c1cccc(F)c1F. The van der Waals surface area contributed by atoms with E-state index in [4.69, 9.17) is 0 Å². The highest BCUT2D eigenvalue weighted by Crippen LogP contribution is 2.36. The van der Waals surface area contributed by atoms with Gasteiger partial charge in [-0.25, -0.2) is 8.78 Å². The van der Waals surface area contributed by atoms with Gasteiger partial charge in [0.15, 0.2) is 11.6 Å². The fraction of sp³-hybridized carbons (Fsp3) is 0.250. The van der Waals surface area contributed by atoms with Gasteiger partial charge in [0.25, 0.3) is 0 Å². The highest BCUT2D eigenvalue weighted by molar-refractivity contribution is 5.32. The molecule has 0 radical (unpaired) electrons. The summed E-state index contributed by atoms with van der Waals surface area (Å²) in [5, 5.41) is 18.6. The minimum absolute atomic E-state index is 0.0967. The predicted molar refractivity (Wildman–Crippen MR) is 73.4 cm³/mol. The molecule has 0 unspecified atom stereocenters. The van der Waals surface area contributed by atoms with Crippen LogP contribution in [0.5, 0.6) is 0 Å². The second kappa shape index (κ2) is 6.91. The molecule has 2 atom stereocenters. The first-order valence-electron chi connectivity index (χ1n) is 6.53. The molecule has 2 aromatic rings. The topological polar surface area (TPSA) is 56.9 Å². The van der Waals surface area contributed by atoms with Crippen molar-refractivity contribution >= 4 is 0 Å². The first-order valence-corrected chi connectivity index (χ1v) is 6.53. The number of benzene rings is 1. The molecule has 0 saturated heterocycles. The van der Waals surface area contributed by atoms with E-state index in [0.29, 0.717) is 5.56 Å². The number of aliphatic hydroxyl groups excluding tert-OH is 1. The molecule has 1 aromatic carbocycles. The van der Waals surface area contributed by atoms with Crippen molar-refractivity contribution in [3.05, 3.63) is 65.5 Å². The van der Waals surface area contributed by atoms with Gasteiger partial charge in [-0.05, 0) is 29.7 Å². The van der Waals surface area contributed by atoms with Gasteiger partial charge in [0, 0.05) is 24.9 Å². The van der Waals surface area contributed by atoms with Crippen LogP contribution in [-0.4, -0.2) is 16.7 Å². The van der Waals surface area contributed by atoms with E-state index in [1.54, 1.807) is 18.3 Å². The van der Waals surface area contributed by atoms with Crippen LogP contribution < -0.4 is 0 Å². The number of nitrogens with zero attached hydrogens (tertiary/aromatic N) is 2. The summed E-state index contributed by atoms with van der Waals surface area (Å²) in [6.07, 6.45) is 3.25. The lowest BCUT2D eigenvalue weighted by atomic mass is 9.80. The van der Waals surface area contributed by atoms with Crippen molar-refractivity contribution in [3.8, 4) is 6.07 Å². The Bertz CT molecular complexity index is 640. The van der Waals surface area contributed by atoms with E-state index in [2.05, 4.69) is 11.1 Å². The predicted octanol–water partition coefficient (Wildman–Crippen LogP) is 3.13. The molecule has 5 heteroatoms. The van der Waals surface area contributed by atoms with Gasteiger partial charge in [-0.15, -0.1) is 0 Å². The fourth-order valence-electron chi connectivity index (χ4n) is 2.40. The maximum absolute atomic E-state index is 14.0. The first-order chi connectivity index (χ1) is 10.2. The molecular weight excluding hydrogens is 274 g/mol. The van der Waals surface area contributed by atoms with Gasteiger partial charge in [-0.2, -0.15) is 5.26 Å². The number of pyridine rings is 1. The average Bonchev–Trinajstić information content (AvgIpc) is 2.51. The van der Waals surface area contributed by atoms with E-state index in [1.165, 1.54) is 18.3 Å². The summed E-state index contributed by atoms with van der Waals surface area (Å²) in [6.45, 7) is -0.223. The maximum atomic E-state index is 14.0. The quantitative estimate of drug-likeness (QED) is 0.919. The van der Waals surface area contributed by atoms with E-state index in [0.717, 1.165) is 6.07 Å². The van der Waals surface area contributed by atoms with Crippen LogP contribution in [0.2, 0.25) is 0 Å². The third kappa shape index (κ3) is 3.23. The Morgan fingerprint density at radius 3 is 2.67 bits per heavy atom. The first kappa shape index (κ1) is 15.1. The van der Waals surface area contributed by atoms with Gasteiger partial charge in [0.2, 0.25) is 0 Å². The number of aromatic nitrogens is 1. The monoisotopic (exact) mass is 288 g/mol. The van der Waals surface area contributed by atoms with Crippen LogP contribution in [0.15, 0.2) is 42.7 Å². The summed E-state index contributed by atoms with van der Waals surface area (Å²) in [5.41, 5.74) is 0.710. The standard InChI is InChI=1S/C16H14F2N2O/c17-15-5-1-4-13(16(15)18)12(6-8-21)14(9-19)11-3-2-7-20-10-11/h1-5,7,10,12,14,21H,6,8H2/t12-,14+/m0/s1. The molecule has 2 rings (SSSR count). The Kier molecular flexibility index (Phi) is 4.96. The van der Waals surface area contributed by atoms with Gasteiger partial charge in [0.1, 0.15) is 0 Å². The van der Waals surface area contributed by atoms with Gasteiger partial charge in [-0.1, -0.05) is 18.2 Å². The molecule has 0 amide bonds. The van der Waals surface area contributed by atoms with Crippen LogP contribution in [-0.2, 0) is 0 Å². The van der Waals surface area contributed by atoms with Crippen molar-refractivity contribution in [3.63, 3.8) is 0 Å². The summed E-state index contributed by atoms with van der Waals surface area (Å²) in [5.74, 6) is -3.28. The molecule has 3 nitrogen and oxygen atoms in total. The lowest BCUT2D eigenvalue weighted by molar-refractivity contribution is 0.270. The third-order valence-corrected chi connectivity index (χ3v) is 3.41. The lowest BCUT2D eigenvalue weighted by Gasteiger charge is -2.22. The molecule has 0 bridgehead atoms. The summed E-state index contributed by atoms with van der Waals surface area (Å²) in [4.78, 5) is 3.95. The highest BCUT2D eigenvalue weighted by atomic mass is 19.2. The Morgan fingerprint density at radius 2 is 2.05 bits per heavy atom. The number of hydrogen-bond acceptors (Lipinski definition) is 3. The minimum atomic E-state index is -0.972. The summed E-state index contributed by atoms with van der Waals surface area (Å²) in [6, 6.07) is 9.37. The summed E-state index contributed by atoms with van der Waals surface area (Å²) >= 11 is 0. The summed E-state index contributed by atoms with van der Waals surface area (Å²) < 4.78 is 27.4. The Hall–Kier alpha value is -2.32. The summed E-state index contributed by atoms with van der Waals surface area (Å²) in [7, 11) is 0. The van der Waals surface area contributed by atoms with E-state index in [1.807, 2.05) is 0 Å². The lowest BCUT2D eigenvalue weighted by Crippen LogP contribution is -2.14. The van der Waals surface area contributed by atoms with E-state index < -0.39 is 23.5 Å². The number of rotatable bonds is 5. The highest BCUT2D eigenvalue weighted by Gasteiger charge is 2.28. The van der Waals surface area contributed by atoms with Crippen molar-refractivity contribution in [2.45, 2.75) is 18.3 Å². The van der Waals surface area contributed by atoms with Gasteiger partial charge >= 0.3 is 0 Å². The normalized spacial score (nSPS) is 13.4. The third-order valence-electron chi connectivity index (χ3n) is 3.41. The second-order valence-corrected chi connectivity index (χ2v) is 4.65. The molecule has 0 aliphatic carbocycles. The smallest absolute Gasteiger partial charge is 0.162 e. The van der Waals surface area contributed by atoms with Gasteiger partial charge in [0.05, 0.1) is 12.0 Å². The minimum Gasteiger partial charge on any atom is -0.396 e. The molecular formula is C16H14F2N2O. The Morgan fingerprint density at radius 1 is 1.24 bits per heavy atom.